The molecule has 0 atom stereocenters. The van der Waals surface area contributed by atoms with Crippen molar-refractivity contribution >= 4 is 77.3 Å². The second kappa shape index (κ2) is 10.1. The van der Waals surface area contributed by atoms with Crippen molar-refractivity contribution in [2.45, 2.75) is 4.90 Å². The minimum atomic E-state index is -4.01. The fraction of sp³-hybridized carbons (Fsp3) is 0. The molecule has 0 aliphatic rings. The zero-order chi connectivity index (χ0) is 22.6. The fourth-order valence-electron chi connectivity index (χ4n) is 2.38. The molecule has 0 aromatic heterocycles. The maximum Gasteiger partial charge on any atom is 0.339 e. The van der Waals surface area contributed by atoms with Crippen molar-refractivity contribution in [2.24, 2.45) is 5.10 Å². The normalized spacial score (nSPS) is 11.5. The van der Waals surface area contributed by atoms with E-state index in [2.05, 4.69) is 42.4 Å². The van der Waals surface area contributed by atoms with Gasteiger partial charge in [0.1, 0.15) is 4.90 Å². The van der Waals surface area contributed by atoms with Crippen molar-refractivity contribution < 1.29 is 17.4 Å². The smallest absolute Gasteiger partial charge is 0.339 e. The van der Waals surface area contributed by atoms with Crippen LogP contribution in [0.15, 0.2) is 79.6 Å². The van der Waals surface area contributed by atoms with E-state index in [9.17, 15) is 13.2 Å². The Balaban J connectivity index is 1.75. The molecule has 0 heterocycles. The minimum absolute atomic E-state index is 0.0306. The number of nitrogens with zero attached hydrogens (tertiary/aromatic N) is 1. The van der Waals surface area contributed by atoms with Crippen molar-refractivity contribution in [3.05, 3.63) is 90.8 Å². The summed E-state index contributed by atoms with van der Waals surface area (Å²) in [5.41, 5.74) is 3.15. The summed E-state index contributed by atoms with van der Waals surface area (Å²) in [7, 11) is -4.01. The first-order valence-corrected chi connectivity index (χ1v) is 12.2. The molecule has 0 fully saturated rings. The molecule has 0 aliphatic carbocycles. The van der Waals surface area contributed by atoms with Crippen LogP contribution in [0.3, 0.4) is 0 Å². The number of hydrazone groups is 1. The molecular formula is C20H12Br2Cl2N2O4S. The Bertz CT molecular complexity index is 1250. The van der Waals surface area contributed by atoms with Crippen molar-refractivity contribution in [3.63, 3.8) is 0 Å². The molecular weight excluding hydrogens is 595 g/mol. The summed E-state index contributed by atoms with van der Waals surface area (Å²) in [5.74, 6) is -0.428. The fourth-order valence-corrected chi connectivity index (χ4v) is 5.46. The van der Waals surface area contributed by atoms with Gasteiger partial charge in [-0.2, -0.15) is 13.5 Å². The summed E-state index contributed by atoms with van der Waals surface area (Å²) in [6.07, 6.45) is 1.38. The van der Waals surface area contributed by atoms with Crippen LogP contribution in [0.4, 0.5) is 0 Å². The van der Waals surface area contributed by atoms with Crippen LogP contribution in [0.1, 0.15) is 15.9 Å². The molecule has 0 saturated heterocycles. The molecule has 3 aromatic carbocycles. The third kappa shape index (κ3) is 6.08. The second-order valence-corrected chi connectivity index (χ2v) is 10.1. The summed E-state index contributed by atoms with van der Waals surface area (Å²) in [6, 6.07) is 15.5. The second-order valence-electron chi connectivity index (χ2n) is 5.99. The Morgan fingerprint density at radius 2 is 1.65 bits per heavy atom. The molecule has 3 aromatic rings. The Labute approximate surface area is 205 Å². The molecule has 0 unspecified atom stereocenters. The summed E-state index contributed by atoms with van der Waals surface area (Å²) in [4.78, 5) is 12.2. The molecule has 6 nitrogen and oxygen atoms in total. The van der Waals surface area contributed by atoms with Crippen LogP contribution in [0.25, 0.3) is 0 Å². The van der Waals surface area contributed by atoms with Crippen molar-refractivity contribution in [3.8, 4) is 5.75 Å². The number of rotatable bonds is 6. The van der Waals surface area contributed by atoms with Crippen LogP contribution < -0.4 is 9.61 Å². The van der Waals surface area contributed by atoms with Gasteiger partial charge in [0, 0.05) is 5.02 Å². The van der Waals surface area contributed by atoms with E-state index in [0.29, 0.717) is 19.5 Å². The van der Waals surface area contributed by atoms with E-state index in [1.807, 2.05) is 0 Å². The lowest BCUT2D eigenvalue weighted by molar-refractivity contribution is 0.0955. The molecule has 0 saturated carbocycles. The lowest BCUT2D eigenvalue weighted by Gasteiger charge is -2.11. The molecule has 11 heteroatoms. The molecule has 0 aliphatic heterocycles. The van der Waals surface area contributed by atoms with E-state index >= 15 is 0 Å². The Kier molecular flexibility index (Phi) is 7.77. The number of hydrogen-bond donors (Lipinski definition) is 1. The molecule has 31 heavy (non-hydrogen) atoms. The van der Waals surface area contributed by atoms with Gasteiger partial charge in [-0.25, -0.2) is 5.43 Å². The average molecular weight is 607 g/mol. The minimum Gasteiger partial charge on any atom is -0.377 e. The maximum atomic E-state index is 12.5. The number of halogens is 4. The SMILES string of the molecule is O=C(N/N=C\c1cc(Br)c(OS(=O)(=O)c2ccccc2)c(Br)c1)c1ccc(Cl)cc1Cl. The highest BCUT2D eigenvalue weighted by Gasteiger charge is 2.20. The van der Waals surface area contributed by atoms with Crippen LogP contribution >= 0.6 is 55.1 Å². The molecule has 0 spiro atoms. The van der Waals surface area contributed by atoms with Crippen molar-refractivity contribution in [1.82, 2.24) is 5.43 Å². The number of benzene rings is 3. The van der Waals surface area contributed by atoms with Gasteiger partial charge in [-0.3, -0.25) is 4.79 Å². The third-order valence-corrected chi connectivity index (χ3v) is 6.76. The topological polar surface area (TPSA) is 84.8 Å². The predicted molar refractivity (Wildman–Crippen MR) is 128 cm³/mol. The highest BCUT2D eigenvalue weighted by Crippen LogP contribution is 2.36. The maximum absolute atomic E-state index is 12.5. The van der Waals surface area contributed by atoms with Crippen LogP contribution in [-0.2, 0) is 10.1 Å². The molecule has 160 valence electrons. The van der Waals surface area contributed by atoms with Gasteiger partial charge in [-0.1, -0.05) is 41.4 Å². The zero-order valence-corrected chi connectivity index (χ0v) is 20.9. The van der Waals surface area contributed by atoms with Gasteiger partial charge in [0.25, 0.3) is 5.91 Å². The molecule has 0 bridgehead atoms. The van der Waals surface area contributed by atoms with Gasteiger partial charge in [0.05, 0.1) is 25.7 Å². The number of amides is 1. The van der Waals surface area contributed by atoms with Crippen LogP contribution in [0.5, 0.6) is 5.75 Å². The number of carbonyl (C=O) groups excluding carboxylic acids is 1. The highest BCUT2D eigenvalue weighted by atomic mass is 79.9. The monoisotopic (exact) mass is 604 g/mol. The third-order valence-electron chi connectivity index (χ3n) is 3.80. The quantitative estimate of drug-likeness (QED) is 0.210. The highest BCUT2D eigenvalue weighted by molar-refractivity contribution is 9.11. The van der Waals surface area contributed by atoms with E-state index in [0.717, 1.165) is 0 Å². The van der Waals surface area contributed by atoms with E-state index in [-0.39, 0.29) is 21.2 Å². The largest absolute Gasteiger partial charge is 0.377 e. The first kappa shape index (κ1) is 23.7. The Morgan fingerprint density at radius 1 is 1.00 bits per heavy atom. The Morgan fingerprint density at radius 3 is 2.26 bits per heavy atom. The van der Waals surface area contributed by atoms with Gasteiger partial charge < -0.3 is 4.18 Å². The Hall–Kier alpha value is -1.91. The standard InChI is InChI=1S/C20H12Br2Cl2N2O4S/c21-16-8-12(11-25-26-20(27)15-7-6-13(23)10-18(15)24)9-17(22)19(16)30-31(28,29)14-4-2-1-3-5-14/h1-11H,(H,26,27)/b25-11-. The van der Waals surface area contributed by atoms with E-state index in [1.165, 1.54) is 30.5 Å². The lowest BCUT2D eigenvalue weighted by atomic mass is 10.2. The van der Waals surface area contributed by atoms with Gasteiger partial charge >= 0.3 is 10.1 Å². The van der Waals surface area contributed by atoms with Crippen molar-refractivity contribution in [1.29, 1.82) is 0 Å². The lowest BCUT2D eigenvalue weighted by Crippen LogP contribution is -2.18. The first-order valence-electron chi connectivity index (χ1n) is 8.44. The summed E-state index contributed by atoms with van der Waals surface area (Å²) in [6.45, 7) is 0. The van der Waals surface area contributed by atoms with Crippen LogP contribution in [-0.4, -0.2) is 20.5 Å². The number of nitrogens with one attached hydrogen (secondary N) is 1. The molecule has 1 N–H and O–H groups in total. The summed E-state index contributed by atoms with van der Waals surface area (Å²) in [5, 5.41) is 4.51. The van der Waals surface area contributed by atoms with E-state index < -0.39 is 16.0 Å². The van der Waals surface area contributed by atoms with Crippen LogP contribution in [0, 0.1) is 0 Å². The zero-order valence-electron chi connectivity index (χ0n) is 15.4. The first-order chi connectivity index (χ1) is 14.7. The van der Waals surface area contributed by atoms with Gasteiger partial charge in [-0.05, 0) is 79.9 Å². The summed E-state index contributed by atoms with van der Waals surface area (Å²) >= 11 is 18.4. The van der Waals surface area contributed by atoms with Crippen LogP contribution in [0.2, 0.25) is 10.0 Å². The predicted octanol–water partition coefficient (Wildman–Crippen LogP) is 6.05. The number of carbonyl (C=O) groups is 1. The van der Waals surface area contributed by atoms with Gasteiger partial charge in [-0.15, -0.1) is 0 Å². The molecule has 0 radical (unpaired) electrons. The molecule has 1 amide bonds. The average Bonchev–Trinajstić information content (AvgIpc) is 2.71. The van der Waals surface area contributed by atoms with E-state index in [1.54, 1.807) is 36.4 Å². The van der Waals surface area contributed by atoms with E-state index in [4.69, 9.17) is 27.4 Å². The van der Waals surface area contributed by atoms with Gasteiger partial charge in [0.2, 0.25) is 0 Å². The van der Waals surface area contributed by atoms with Crippen molar-refractivity contribution in [2.75, 3.05) is 0 Å². The molecule has 3 rings (SSSR count). The number of hydrogen-bond acceptors (Lipinski definition) is 5. The van der Waals surface area contributed by atoms with Gasteiger partial charge in [0.15, 0.2) is 5.75 Å². The summed E-state index contributed by atoms with van der Waals surface area (Å²) < 4.78 is 30.9.